The number of hydrogen-bond donors (Lipinski definition) is 1. The molecular formula is C10H14N2OS. The van der Waals surface area contributed by atoms with Crippen LogP contribution < -0.4 is 5.73 Å². The Morgan fingerprint density at radius 2 is 2.43 bits per heavy atom. The van der Waals surface area contributed by atoms with E-state index in [4.69, 9.17) is 5.73 Å². The lowest BCUT2D eigenvalue weighted by atomic mass is 10.2. The van der Waals surface area contributed by atoms with Gasteiger partial charge < -0.3 is 10.6 Å². The van der Waals surface area contributed by atoms with Gasteiger partial charge in [0.15, 0.2) is 0 Å². The average Bonchev–Trinajstić information content (AvgIpc) is 2.73. The summed E-state index contributed by atoms with van der Waals surface area (Å²) in [5, 5.41) is 3.92. The first-order chi connectivity index (χ1) is 6.68. The monoisotopic (exact) mass is 210 g/mol. The Morgan fingerprint density at radius 3 is 2.93 bits per heavy atom. The van der Waals surface area contributed by atoms with E-state index in [0.29, 0.717) is 6.54 Å². The largest absolute Gasteiger partial charge is 0.337 e. The molecule has 3 nitrogen and oxygen atoms in total. The lowest BCUT2D eigenvalue weighted by Gasteiger charge is -2.15. The van der Waals surface area contributed by atoms with Gasteiger partial charge in [-0.1, -0.05) is 0 Å². The Morgan fingerprint density at radius 1 is 1.64 bits per heavy atom. The van der Waals surface area contributed by atoms with Gasteiger partial charge in [-0.2, -0.15) is 11.3 Å². The minimum atomic E-state index is 0.136. The second-order valence-corrected chi connectivity index (χ2v) is 4.51. The Balaban J connectivity index is 2.13. The van der Waals surface area contributed by atoms with E-state index in [1.165, 1.54) is 0 Å². The summed E-state index contributed by atoms with van der Waals surface area (Å²) in [6, 6.07) is 0.165. The van der Waals surface area contributed by atoms with Gasteiger partial charge in [0, 0.05) is 24.5 Å². The Bertz CT molecular complexity index is 348. The van der Waals surface area contributed by atoms with E-state index in [1.807, 2.05) is 22.6 Å². The first kappa shape index (κ1) is 9.68. The van der Waals surface area contributed by atoms with Gasteiger partial charge in [-0.15, -0.1) is 0 Å². The predicted octanol–water partition coefficient (Wildman–Crippen LogP) is 1.23. The second kappa shape index (κ2) is 3.71. The number of nitrogens with two attached hydrogens (primary N) is 1. The molecule has 0 spiro atoms. The topological polar surface area (TPSA) is 46.3 Å². The summed E-state index contributed by atoms with van der Waals surface area (Å²) >= 11 is 1.58. The van der Waals surface area contributed by atoms with E-state index < -0.39 is 0 Å². The minimum absolute atomic E-state index is 0.136. The van der Waals surface area contributed by atoms with E-state index >= 15 is 0 Å². The van der Waals surface area contributed by atoms with Crippen molar-refractivity contribution in [3.8, 4) is 0 Å². The molecule has 0 saturated carbocycles. The zero-order chi connectivity index (χ0) is 10.1. The average molecular weight is 210 g/mol. The summed E-state index contributed by atoms with van der Waals surface area (Å²) in [6.07, 6.45) is 0.926. The molecule has 1 aliphatic heterocycles. The molecule has 0 aliphatic carbocycles. The number of aryl methyl sites for hydroxylation is 1. The molecule has 1 fully saturated rings. The van der Waals surface area contributed by atoms with E-state index in [2.05, 4.69) is 0 Å². The number of rotatable bonds is 1. The van der Waals surface area contributed by atoms with Gasteiger partial charge in [0.2, 0.25) is 0 Å². The molecule has 1 saturated heterocycles. The maximum atomic E-state index is 12.0. The molecule has 14 heavy (non-hydrogen) atoms. The van der Waals surface area contributed by atoms with E-state index in [9.17, 15) is 4.79 Å². The standard InChI is InChI=1S/C10H14N2OS/c1-7-5-14-6-9(7)10(13)12-3-2-8(11)4-12/h5-6,8H,2-4,11H2,1H3/t8-/m1/s1. The van der Waals surface area contributed by atoms with Crippen molar-refractivity contribution in [2.45, 2.75) is 19.4 Å². The third-order valence-electron chi connectivity index (χ3n) is 2.60. The number of amides is 1. The van der Waals surface area contributed by atoms with E-state index in [-0.39, 0.29) is 11.9 Å². The quantitative estimate of drug-likeness (QED) is 0.757. The maximum Gasteiger partial charge on any atom is 0.255 e. The lowest BCUT2D eigenvalue weighted by molar-refractivity contribution is 0.0791. The molecule has 4 heteroatoms. The van der Waals surface area contributed by atoms with Crippen molar-refractivity contribution >= 4 is 17.2 Å². The van der Waals surface area contributed by atoms with Crippen molar-refractivity contribution in [1.82, 2.24) is 4.90 Å². The van der Waals surface area contributed by atoms with Crippen molar-refractivity contribution < 1.29 is 4.79 Å². The first-order valence-electron chi connectivity index (χ1n) is 4.76. The molecule has 0 bridgehead atoms. The lowest BCUT2D eigenvalue weighted by Crippen LogP contribution is -2.31. The SMILES string of the molecule is Cc1cscc1C(=O)N1CC[C@@H](N)C1. The van der Waals surface area contributed by atoms with Crippen LogP contribution in [0.25, 0.3) is 0 Å². The fraction of sp³-hybridized carbons (Fsp3) is 0.500. The molecule has 1 aliphatic rings. The normalized spacial score (nSPS) is 21.6. The molecule has 0 aromatic carbocycles. The zero-order valence-corrected chi connectivity index (χ0v) is 9.01. The highest BCUT2D eigenvalue weighted by Gasteiger charge is 2.25. The summed E-state index contributed by atoms with van der Waals surface area (Å²) in [6.45, 7) is 3.48. The van der Waals surface area contributed by atoms with Gasteiger partial charge in [-0.25, -0.2) is 0 Å². The van der Waals surface area contributed by atoms with Crippen LogP contribution in [0.4, 0.5) is 0 Å². The van der Waals surface area contributed by atoms with Crippen LogP contribution in [0.5, 0.6) is 0 Å². The van der Waals surface area contributed by atoms with Crippen LogP contribution in [0.3, 0.4) is 0 Å². The highest BCUT2D eigenvalue weighted by Crippen LogP contribution is 2.18. The van der Waals surface area contributed by atoms with Gasteiger partial charge in [0.05, 0.1) is 5.56 Å². The van der Waals surface area contributed by atoms with Crippen molar-refractivity contribution in [1.29, 1.82) is 0 Å². The predicted molar refractivity (Wildman–Crippen MR) is 57.6 cm³/mol. The van der Waals surface area contributed by atoms with Gasteiger partial charge in [0.1, 0.15) is 0 Å². The molecule has 2 N–H and O–H groups in total. The summed E-state index contributed by atoms with van der Waals surface area (Å²) in [4.78, 5) is 13.8. The Hall–Kier alpha value is -0.870. The van der Waals surface area contributed by atoms with Crippen molar-refractivity contribution in [2.75, 3.05) is 13.1 Å². The van der Waals surface area contributed by atoms with Gasteiger partial charge in [-0.05, 0) is 24.3 Å². The van der Waals surface area contributed by atoms with Gasteiger partial charge in [-0.3, -0.25) is 4.79 Å². The molecular weight excluding hydrogens is 196 g/mol. The maximum absolute atomic E-state index is 12.0. The second-order valence-electron chi connectivity index (χ2n) is 3.77. The third-order valence-corrected chi connectivity index (χ3v) is 3.46. The van der Waals surface area contributed by atoms with Crippen LogP contribution in [0.1, 0.15) is 22.3 Å². The fourth-order valence-electron chi connectivity index (χ4n) is 1.72. The number of likely N-dealkylation sites (tertiary alicyclic amines) is 1. The summed E-state index contributed by atoms with van der Waals surface area (Å²) in [7, 11) is 0. The highest BCUT2D eigenvalue weighted by atomic mass is 32.1. The number of hydrogen-bond acceptors (Lipinski definition) is 3. The number of nitrogens with zero attached hydrogens (tertiary/aromatic N) is 1. The zero-order valence-electron chi connectivity index (χ0n) is 8.19. The number of carbonyl (C=O) groups excluding carboxylic acids is 1. The van der Waals surface area contributed by atoms with Crippen molar-refractivity contribution in [3.63, 3.8) is 0 Å². The minimum Gasteiger partial charge on any atom is -0.337 e. The van der Waals surface area contributed by atoms with Crippen LogP contribution >= 0.6 is 11.3 Å². The third kappa shape index (κ3) is 1.67. The molecule has 0 unspecified atom stereocenters. The van der Waals surface area contributed by atoms with Crippen LogP contribution in [-0.4, -0.2) is 29.9 Å². The molecule has 1 amide bonds. The molecule has 2 rings (SSSR count). The first-order valence-corrected chi connectivity index (χ1v) is 5.70. The van der Waals surface area contributed by atoms with Crippen molar-refractivity contribution in [3.05, 3.63) is 21.9 Å². The number of carbonyl (C=O) groups is 1. The highest BCUT2D eigenvalue weighted by molar-refractivity contribution is 7.08. The summed E-state index contributed by atoms with van der Waals surface area (Å²) in [5.74, 6) is 0.136. The molecule has 1 atom stereocenters. The molecule has 1 aromatic rings. The Labute approximate surface area is 87.5 Å². The van der Waals surface area contributed by atoms with Crippen LogP contribution in [-0.2, 0) is 0 Å². The smallest absolute Gasteiger partial charge is 0.255 e. The molecule has 76 valence electrons. The van der Waals surface area contributed by atoms with Crippen LogP contribution in [0, 0.1) is 6.92 Å². The van der Waals surface area contributed by atoms with Crippen LogP contribution in [0.15, 0.2) is 10.8 Å². The number of thiophene rings is 1. The molecule has 2 heterocycles. The Kier molecular flexibility index (Phi) is 2.56. The fourth-order valence-corrected chi connectivity index (χ4v) is 2.54. The summed E-state index contributed by atoms with van der Waals surface area (Å²) < 4.78 is 0. The van der Waals surface area contributed by atoms with Gasteiger partial charge in [0.25, 0.3) is 5.91 Å². The molecule has 0 radical (unpaired) electrons. The van der Waals surface area contributed by atoms with Gasteiger partial charge >= 0.3 is 0 Å². The molecule has 1 aromatic heterocycles. The van der Waals surface area contributed by atoms with E-state index in [1.54, 1.807) is 11.3 Å². The van der Waals surface area contributed by atoms with Crippen molar-refractivity contribution in [2.24, 2.45) is 5.73 Å². The summed E-state index contributed by atoms with van der Waals surface area (Å²) in [5.41, 5.74) is 7.67. The van der Waals surface area contributed by atoms with E-state index in [0.717, 1.165) is 24.1 Å². The van der Waals surface area contributed by atoms with Crippen LogP contribution in [0.2, 0.25) is 0 Å².